The standard InChI is InChI=1S/C25H31O6P/c1-24(2,3)20-11-13-21(14-12-20)28-16-22(15-26)31-23(19-9-7-6-8-10-19)32(27)29-17-25(4,5)18-30-32/h6-14,23H,16-18H2,1-5H3. The van der Waals surface area contributed by atoms with Crippen LogP contribution in [0.1, 0.15) is 51.6 Å². The number of rotatable bonds is 7. The minimum Gasteiger partial charge on any atom is -0.485 e. The fourth-order valence-corrected chi connectivity index (χ4v) is 5.30. The van der Waals surface area contributed by atoms with Crippen LogP contribution in [0.2, 0.25) is 0 Å². The fourth-order valence-electron chi connectivity index (χ4n) is 3.10. The third-order valence-electron chi connectivity index (χ3n) is 5.10. The molecule has 2 aromatic rings. The molecule has 1 aliphatic rings. The Kier molecular flexibility index (Phi) is 7.32. The lowest BCUT2D eigenvalue weighted by Gasteiger charge is -2.37. The van der Waals surface area contributed by atoms with Crippen LogP contribution >= 0.6 is 7.60 Å². The molecule has 1 fully saturated rings. The van der Waals surface area contributed by atoms with E-state index in [4.69, 9.17) is 18.5 Å². The van der Waals surface area contributed by atoms with Gasteiger partial charge in [-0.2, -0.15) is 0 Å². The maximum absolute atomic E-state index is 13.5. The molecule has 2 aromatic carbocycles. The van der Waals surface area contributed by atoms with Crippen LogP contribution in [-0.2, 0) is 28.6 Å². The zero-order chi connectivity index (χ0) is 23.4. The number of hydrogen-bond acceptors (Lipinski definition) is 6. The third kappa shape index (κ3) is 6.11. The lowest BCUT2D eigenvalue weighted by atomic mass is 9.87. The van der Waals surface area contributed by atoms with Crippen molar-refractivity contribution in [3.05, 3.63) is 71.5 Å². The smallest absolute Gasteiger partial charge is 0.375 e. The van der Waals surface area contributed by atoms with Crippen molar-refractivity contribution in [1.29, 1.82) is 0 Å². The van der Waals surface area contributed by atoms with Gasteiger partial charge in [-0.1, -0.05) is 77.1 Å². The zero-order valence-electron chi connectivity index (χ0n) is 19.3. The second-order valence-corrected chi connectivity index (χ2v) is 11.8. The predicted octanol–water partition coefficient (Wildman–Crippen LogP) is 6.06. The van der Waals surface area contributed by atoms with E-state index in [0.29, 0.717) is 11.3 Å². The van der Waals surface area contributed by atoms with Gasteiger partial charge in [0.1, 0.15) is 5.75 Å². The van der Waals surface area contributed by atoms with E-state index >= 15 is 0 Å². The highest BCUT2D eigenvalue weighted by Gasteiger charge is 2.45. The van der Waals surface area contributed by atoms with Gasteiger partial charge >= 0.3 is 7.60 Å². The van der Waals surface area contributed by atoms with E-state index in [0.717, 1.165) is 0 Å². The molecule has 0 saturated carbocycles. The molecule has 0 bridgehead atoms. The average Bonchev–Trinajstić information content (AvgIpc) is 2.76. The molecule has 0 aliphatic carbocycles. The van der Waals surface area contributed by atoms with Gasteiger partial charge in [-0.15, -0.1) is 0 Å². The molecule has 0 spiro atoms. The van der Waals surface area contributed by atoms with E-state index < -0.39 is 13.4 Å². The van der Waals surface area contributed by atoms with Crippen LogP contribution in [0.25, 0.3) is 0 Å². The van der Waals surface area contributed by atoms with Crippen LogP contribution < -0.4 is 4.74 Å². The second kappa shape index (κ2) is 9.64. The predicted molar refractivity (Wildman–Crippen MR) is 123 cm³/mol. The van der Waals surface area contributed by atoms with Crippen LogP contribution in [0, 0.1) is 5.41 Å². The first kappa shape index (κ1) is 24.3. The van der Waals surface area contributed by atoms with Crippen LogP contribution in [0.3, 0.4) is 0 Å². The molecule has 7 heteroatoms. The van der Waals surface area contributed by atoms with Gasteiger partial charge in [0.2, 0.25) is 11.6 Å². The SMILES string of the molecule is CC1(C)COP(=O)(C(OC(=C=O)COc2ccc(C(C)(C)C)cc2)c2ccccc2)OC1. The quantitative estimate of drug-likeness (QED) is 0.285. The van der Waals surface area contributed by atoms with Gasteiger partial charge in [0, 0.05) is 11.0 Å². The summed E-state index contributed by atoms with van der Waals surface area (Å²) in [6.45, 7) is 10.7. The summed E-state index contributed by atoms with van der Waals surface area (Å²) in [5.74, 6) is 1.14. The molecule has 32 heavy (non-hydrogen) atoms. The Morgan fingerprint density at radius 2 is 1.66 bits per heavy atom. The number of carbonyl (C=O) groups excluding carboxylic acids is 1. The average molecular weight is 458 g/mol. The molecule has 0 amide bonds. The van der Waals surface area contributed by atoms with E-state index in [-0.39, 0.29) is 36.4 Å². The lowest BCUT2D eigenvalue weighted by Crippen LogP contribution is -2.31. The number of benzene rings is 2. The Morgan fingerprint density at radius 1 is 1.06 bits per heavy atom. The van der Waals surface area contributed by atoms with Crippen molar-refractivity contribution in [2.45, 2.75) is 45.9 Å². The van der Waals surface area contributed by atoms with Gasteiger partial charge in [-0.05, 0) is 23.1 Å². The molecule has 0 N–H and O–H groups in total. The van der Waals surface area contributed by atoms with Crippen molar-refractivity contribution in [2.75, 3.05) is 19.8 Å². The normalized spacial score (nSPS) is 18.3. The highest BCUT2D eigenvalue weighted by atomic mass is 31.2. The van der Waals surface area contributed by atoms with Gasteiger partial charge in [0.15, 0.2) is 12.5 Å². The summed E-state index contributed by atoms with van der Waals surface area (Å²) in [6.07, 6.45) is 0. The molecule has 1 atom stereocenters. The summed E-state index contributed by atoms with van der Waals surface area (Å²) in [5, 5.41) is 0. The highest BCUT2D eigenvalue weighted by molar-refractivity contribution is 7.54. The van der Waals surface area contributed by atoms with Gasteiger partial charge < -0.3 is 18.5 Å². The molecule has 172 valence electrons. The van der Waals surface area contributed by atoms with Gasteiger partial charge in [0.05, 0.1) is 13.2 Å². The largest absolute Gasteiger partial charge is 0.485 e. The topological polar surface area (TPSA) is 71.1 Å². The third-order valence-corrected chi connectivity index (χ3v) is 7.06. The molecule has 0 radical (unpaired) electrons. The van der Waals surface area contributed by atoms with Crippen molar-refractivity contribution in [2.24, 2.45) is 5.41 Å². The first-order valence-corrected chi connectivity index (χ1v) is 12.2. The van der Waals surface area contributed by atoms with E-state index in [2.05, 4.69) is 20.8 Å². The molecule has 1 aliphatic heterocycles. The second-order valence-electron chi connectivity index (χ2n) is 9.72. The lowest BCUT2D eigenvalue weighted by molar-refractivity contribution is 0.0156. The molecule has 1 heterocycles. The molecule has 6 nitrogen and oxygen atoms in total. The van der Waals surface area contributed by atoms with Crippen molar-refractivity contribution < 1.29 is 27.9 Å². The molecule has 0 aromatic heterocycles. The summed E-state index contributed by atoms with van der Waals surface area (Å²) in [4.78, 5) is 11.6. The van der Waals surface area contributed by atoms with Crippen LogP contribution in [0.4, 0.5) is 0 Å². The Bertz CT molecular complexity index is 987. The Labute approximate surface area is 190 Å². The summed E-state index contributed by atoms with van der Waals surface area (Å²) in [5.41, 5.74) is 1.52. The van der Waals surface area contributed by atoms with Crippen LogP contribution in [-0.4, -0.2) is 25.8 Å². The van der Waals surface area contributed by atoms with Gasteiger partial charge in [-0.3, -0.25) is 4.57 Å². The van der Waals surface area contributed by atoms with Gasteiger partial charge in [-0.25, -0.2) is 4.79 Å². The minimum atomic E-state index is -3.69. The molecular formula is C25H31O6P. The summed E-state index contributed by atoms with van der Waals surface area (Å²) in [7, 11) is -3.69. The maximum atomic E-state index is 13.5. The zero-order valence-corrected chi connectivity index (χ0v) is 20.2. The summed E-state index contributed by atoms with van der Waals surface area (Å²) < 4.78 is 36.4. The molecule has 1 unspecified atom stereocenters. The van der Waals surface area contributed by atoms with Crippen LogP contribution in [0.15, 0.2) is 60.4 Å². The summed E-state index contributed by atoms with van der Waals surface area (Å²) in [6, 6.07) is 16.6. The van der Waals surface area contributed by atoms with Crippen molar-refractivity contribution in [3.63, 3.8) is 0 Å². The summed E-state index contributed by atoms with van der Waals surface area (Å²) >= 11 is 0. The van der Waals surface area contributed by atoms with Crippen molar-refractivity contribution >= 4 is 13.5 Å². The van der Waals surface area contributed by atoms with Crippen molar-refractivity contribution in [3.8, 4) is 5.75 Å². The monoisotopic (exact) mass is 458 g/mol. The first-order valence-electron chi connectivity index (χ1n) is 10.6. The number of ether oxygens (including phenoxy) is 2. The molecule has 1 saturated heterocycles. The highest BCUT2D eigenvalue weighted by Crippen LogP contribution is 2.64. The first-order chi connectivity index (χ1) is 15.0. The Hall–Kier alpha value is -2.36. The van der Waals surface area contributed by atoms with E-state index in [9.17, 15) is 9.36 Å². The Morgan fingerprint density at radius 3 is 2.19 bits per heavy atom. The van der Waals surface area contributed by atoms with E-state index in [1.165, 1.54) is 5.56 Å². The Balaban J connectivity index is 1.75. The number of hydrogen-bond donors (Lipinski definition) is 0. The van der Waals surface area contributed by atoms with Crippen LogP contribution in [0.5, 0.6) is 5.75 Å². The molecular weight excluding hydrogens is 427 g/mol. The van der Waals surface area contributed by atoms with Gasteiger partial charge in [0.25, 0.3) is 0 Å². The van der Waals surface area contributed by atoms with Crippen molar-refractivity contribution in [1.82, 2.24) is 0 Å². The fraction of sp³-hybridized carbons (Fsp3) is 0.440. The minimum absolute atomic E-state index is 0.0269. The van der Waals surface area contributed by atoms with E-state index in [1.54, 1.807) is 30.2 Å². The maximum Gasteiger partial charge on any atom is 0.375 e. The molecule has 3 rings (SSSR count). The van der Waals surface area contributed by atoms with E-state index in [1.807, 2.05) is 44.2 Å².